The SMILES string of the molecule is CC(C)Oc1cccnc1NCc1sccc1Br. The molecule has 0 aromatic carbocycles. The van der Waals surface area contributed by atoms with Gasteiger partial charge >= 0.3 is 0 Å². The average molecular weight is 327 g/mol. The van der Waals surface area contributed by atoms with Gasteiger partial charge in [0, 0.05) is 15.5 Å². The van der Waals surface area contributed by atoms with Crippen LogP contribution in [0.3, 0.4) is 0 Å². The Balaban J connectivity index is 2.07. The maximum Gasteiger partial charge on any atom is 0.169 e. The van der Waals surface area contributed by atoms with Crippen molar-refractivity contribution in [2.45, 2.75) is 26.5 Å². The quantitative estimate of drug-likeness (QED) is 0.889. The Labute approximate surface area is 119 Å². The molecule has 1 N–H and O–H groups in total. The van der Waals surface area contributed by atoms with Crippen molar-refractivity contribution < 1.29 is 4.74 Å². The lowest BCUT2D eigenvalue weighted by Gasteiger charge is -2.14. The van der Waals surface area contributed by atoms with Crippen molar-refractivity contribution in [1.82, 2.24) is 4.98 Å². The van der Waals surface area contributed by atoms with E-state index in [0.717, 1.165) is 22.6 Å². The summed E-state index contributed by atoms with van der Waals surface area (Å²) in [6, 6.07) is 5.86. The molecule has 2 heterocycles. The lowest BCUT2D eigenvalue weighted by molar-refractivity contribution is 0.243. The van der Waals surface area contributed by atoms with E-state index in [1.54, 1.807) is 17.5 Å². The predicted octanol–water partition coefficient (Wildman–Crippen LogP) is 4.30. The molecule has 0 atom stereocenters. The van der Waals surface area contributed by atoms with E-state index in [0.29, 0.717) is 0 Å². The second kappa shape index (κ2) is 6.20. The molecule has 2 aromatic heterocycles. The van der Waals surface area contributed by atoms with E-state index >= 15 is 0 Å². The number of thiophene rings is 1. The molecule has 2 aromatic rings. The van der Waals surface area contributed by atoms with Crippen LogP contribution in [0.5, 0.6) is 5.75 Å². The van der Waals surface area contributed by atoms with Crippen LogP contribution in [0.2, 0.25) is 0 Å². The Hall–Kier alpha value is -1.07. The molecule has 0 bridgehead atoms. The standard InChI is InChI=1S/C13H15BrN2OS/c1-9(2)17-11-4-3-6-15-13(11)16-8-12-10(14)5-7-18-12/h3-7,9H,8H2,1-2H3,(H,15,16). The number of halogens is 1. The number of ether oxygens (including phenoxy) is 1. The molecule has 3 nitrogen and oxygen atoms in total. The number of rotatable bonds is 5. The molecule has 18 heavy (non-hydrogen) atoms. The lowest BCUT2D eigenvalue weighted by Crippen LogP contribution is -2.09. The fourth-order valence-corrected chi connectivity index (χ4v) is 2.92. The highest BCUT2D eigenvalue weighted by Gasteiger charge is 2.07. The highest BCUT2D eigenvalue weighted by Crippen LogP contribution is 2.26. The Morgan fingerprint density at radius 2 is 2.28 bits per heavy atom. The molecule has 0 fully saturated rings. The van der Waals surface area contributed by atoms with Crippen molar-refractivity contribution in [3.63, 3.8) is 0 Å². The molecule has 0 radical (unpaired) electrons. The lowest BCUT2D eigenvalue weighted by atomic mass is 10.4. The topological polar surface area (TPSA) is 34.1 Å². The summed E-state index contributed by atoms with van der Waals surface area (Å²) in [4.78, 5) is 5.56. The first-order chi connectivity index (χ1) is 8.66. The zero-order valence-electron chi connectivity index (χ0n) is 10.3. The molecule has 5 heteroatoms. The highest BCUT2D eigenvalue weighted by atomic mass is 79.9. The maximum absolute atomic E-state index is 5.71. The number of anilines is 1. The van der Waals surface area contributed by atoms with E-state index in [1.807, 2.05) is 32.0 Å². The first-order valence-electron chi connectivity index (χ1n) is 5.74. The first kappa shape index (κ1) is 13.4. The van der Waals surface area contributed by atoms with E-state index in [9.17, 15) is 0 Å². The summed E-state index contributed by atoms with van der Waals surface area (Å²) in [5.74, 6) is 1.58. The van der Waals surface area contributed by atoms with Crippen molar-refractivity contribution in [3.8, 4) is 5.75 Å². The third-order valence-corrected chi connectivity index (χ3v) is 4.17. The summed E-state index contributed by atoms with van der Waals surface area (Å²) >= 11 is 5.23. The van der Waals surface area contributed by atoms with Crippen LogP contribution < -0.4 is 10.1 Å². The maximum atomic E-state index is 5.71. The van der Waals surface area contributed by atoms with Crippen LogP contribution >= 0.6 is 27.3 Å². The van der Waals surface area contributed by atoms with Crippen molar-refractivity contribution >= 4 is 33.1 Å². The van der Waals surface area contributed by atoms with Crippen LogP contribution in [0.15, 0.2) is 34.2 Å². The van der Waals surface area contributed by atoms with Crippen LogP contribution in [-0.2, 0) is 6.54 Å². The van der Waals surface area contributed by atoms with Crippen LogP contribution in [0, 0.1) is 0 Å². The van der Waals surface area contributed by atoms with Crippen molar-refractivity contribution in [1.29, 1.82) is 0 Å². The minimum absolute atomic E-state index is 0.142. The molecular weight excluding hydrogens is 312 g/mol. The van der Waals surface area contributed by atoms with Gasteiger partial charge in [-0.1, -0.05) is 0 Å². The molecule has 0 saturated carbocycles. The molecule has 0 unspecified atom stereocenters. The minimum atomic E-state index is 0.142. The molecule has 0 saturated heterocycles. The highest BCUT2D eigenvalue weighted by molar-refractivity contribution is 9.10. The average Bonchev–Trinajstić information content (AvgIpc) is 2.73. The first-order valence-corrected chi connectivity index (χ1v) is 7.41. The third-order valence-electron chi connectivity index (χ3n) is 2.24. The van der Waals surface area contributed by atoms with Gasteiger partial charge in [-0.05, 0) is 53.4 Å². The zero-order valence-corrected chi connectivity index (χ0v) is 12.7. The van der Waals surface area contributed by atoms with Gasteiger partial charge in [-0.15, -0.1) is 11.3 Å². The molecule has 0 aliphatic carbocycles. The van der Waals surface area contributed by atoms with Gasteiger partial charge in [-0.25, -0.2) is 4.98 Å². The Kier molecular flexibility index (Phi) is 4.60. The number of hydrogen-bond acceptors (Lipinski definition) is 4. The molecule has 0 aliphatic rings. The molecule has 96 valence electrons. The van der Waals surface area contributed by atoms with Gasteiger partial charge in [0.25, 0.3) is 0 Å². The predicted molar refractivity (Wildman–Crippen MR) is 79.3 cm³/mol. The molecule has 0 spiro atoms. The largest absolute Gasteiger partial charge is 0.487 e. The van der Waals surface area contributed by atoms with Gasteiger partial charge < -0.3 is 10.1 Å². The normalized spacial score (nSPS) is 10.7. The van der Waals surface area contributed by atoms with Gasteiger partial charge in [0.05, 0.1) is 12.6 Å². The van der Waals surface area contributed by atoms with Gasteiger partial charge in [0.1, 0.15) is 0 Å². The fraction of sp³-hybridized carbons (Fsp3) is 0.308. The van der Waals surface area contributed by atoms with Crippen molar-refractivity contribution in [2.24, 2.45) is 0 Å². The van der Waals surface area contributed by atoms with E-state index in [-0.39, 0.29) is 6.10 Å². The minimum Gasteiger partial charge on any atom is -0.487 e. The van der Waals surface area contributed by atoms with Crippen LogP contribution in [0.25, 0.3) is 0 Å². The summed E-state index contributed by atoms with van der Waals surface area (Å²) in [5.41, 5.74) is 0. The van der Waals surface area contributed by atoms with Gasteiger partial charge in [-0.3, -0.25) is 0 Å². The molecule has 0 amide bonds. The zero-order chi connectivity index (χ0) is 13.0. The Morgan fingerprint density at radius 1 is 1.44 bits per heavy atom. The summed E-state index contributed by atoms with van der Waals surface area (Å²) in [7, 11) is 0. The monoisotopic (exact) mass is 326 g/mol. The molecule has 2 rings (SSSR count). The third kappa shape index (κ3) is 3.46. The molecular formula is C13H15BrN2OS. The second-order valence-electron chi connectivity index (χ2n) is 4.06. The summed E-state index contributed by atoms with van der Waals surface area (Å²) in [6.07, 6.45) is 1.90. The van der Waals surface area contributed by atoms with E-state index < -0.39 is 0 Å². The summed E-state index contributed by atoms with van der Waals surface area (Å²) in [6.45, 7) is 4.75. The van der Waals surface area contributed by atoms with Crippen molar-refractivity contribution in [2.75, 3.05) is 5.32 Å². The fourth-order valence-electron chi connectivity index (χ4n) is 1.49. The Bertz CT molecular complexity index is 513. The summed E-state index contributed by atoms with van der Waals surface area (Å²) in [5, 5.41) is 5.37. The van der Waals surface area contributed by atoms with Crippen LogP contribution in [0.4, 0.5) is 5.82 Å². The summed E-state index contributed by atoms with van der Waals surface area (Å²) < 4.78 is 6.84. The van der Waals surface area contributed by atoms with Crippen molar-refractivity contribution in [3.05, 3.63) is 39.1 Å². The van der Waals surface area contributed by atoms with E-state index in [2.05, 4.69) is 31.6 Å². The second-order valence-corrected chi connectivity index (χ2v) is 5.92. The van der Waals surface area contributed by atoms with Gasteiger partial charge in [0.2, 0.25) is 0 Å². The van der Waals surface area contributed by atoms with E-state index in [4.69, 9.17) is 4.74 Å². The number of hydrogen-bond donors (Lipinski definition) is 1. The van der Waals surface area contributed by atoms with Gasteiger partial charge in [-0.2, -0.15) is 0 Å². The molecule has 0 aliphatic heterocycles. The number of nitrogens with one attached hydrogen (secondary N) is 1. The van der Waals surface area contributed by atoms with Gasteiger partial charge in [0.15, 0.2) is 11.6 Å². The smallest absolute Gasteiger partial charge is 0.169 e. The Morgan fingerprint density at radius 3 is 2.94 bits per heavy atom. The number of pyridine rings is 1. The van der Waals surface area contributed by atoms with Crippen LogP contribution in [-0.4, -0.2) is 11.1 Å². The number of aromatic nitrogens is 1. The van der Waals surface area contributed by atoms with Crippen LogP contribution in [0.1, 0.15) is 18.7 Å². The number of nitrogens with zero attached hydrogens (tertiary/aromatic N) is 1. The van der Waals surface area contributed by atoms with E-state index in [1.165, 1.54) is 4.88 Å².